The third-order valence-corrected chi connectivity index (χ3v) is 5.95. The molecular formula is C24H35FN4. The molecule has 0 aliphatic carbocycles. The summed E-state index contributed by atoms with van der Waals surface area (Å²) in [5.74, 6) is 0.599. The monoisotopic (exact) mass is 398 g/mol. The normalized spacial score (nSPS) is 24.0. The molecular weight excluding hydrogens is 363 g/mol. The number of rotatable bonds is 2. The molecule has 5 heteroatoms. The van der Waals surface area contributed by atoms with Gasteiger partial charge in [0.05, 0.1) is 5.70 Å². The smallest absolute Gasteiger partial charge is 0.131 e. The maximum Gasteiger partial charge on any atom is 0.131 e. The van der Waals surface area contributed by atoms with Crippen molar-refractivity contribution < 1.29 is 5.82 Å². The van der Waals surface area contributed by atoms with Crippen LogP contribution in [0.4, 0.5) is 4.39 Å². The Balaban J connectivity index is 0.00000104. The lowest BCUT2D eigenvalue weighted by Crippen LogP contribution is -2.35. The lowest BCUT2D eigenvalue weighted by molar-refractivity contribution is 0.448. The minimum absolute atomic E-state index is 0. The fraction of sp³-hybridized carbons (Fsp3) is 0.500. The summed E-state index contributed by atoms with van der Waals surface area (Å²) in [7, 11) is 1.69. The van der Waals surface area contributed by atoms with Gasteiger partial charge in [0, 0.05) is 54.4 Å². The predicted molar refractivity (Wildman–Crippen MR) is 123 cm³/mol. The molecule has 0 amide bonds. The van der Waals surface area contributed by atoms with Crippen LogP contribution in [0.3, 0.4) is 0 Å². The van der Waals surface area contributed by atoms with Crippen LogP contribution in [0, 0.1) is 17.7 Å². The van der Waals surface area contributed by atoms with Gasteiger partial charge in [0.1, 0.15) is 5.82 Å². The molecule has 29 heavy (non-hydrogen) atoms. The summed E-state index contributed by atoms with van der Waals surface area (Å²) in [5.41, 5.74) is 5.51. The zero-order chi connectivity index (χ0) is 21.0. The van der Waals surface area contributed by atoms with Gasteiger partial charge >= 0.3 is 0 Å². The second kappa shape index (κ2) is 9.49. The van der Waals surface area contributed by atoms with Gasteiger partial charge in [-0.2, -0.15) is 0 Å². The van der Waals surface area contributed by atoms with Crippen LogP contribution in [0.5, 0.6) is 0 Å². The fourth-order valence-corrected chi connectivity index (χ4v) is 4.42. The number of piperidine rings is 1. The van der Waals surface area contributed by atoms with Crippen LogP contribution in [-0.2, 0) is 0 Å². The van der Waals surface area contributed by atoms with Crippen LogP contribution >= 0.6 is 0 Å². The van der Waals surface area contributed by atoms with E-state index in [0.717, 1.165) is 55.3 Å². The number of nitrogens with one attached hydrogen (secondary N) is 2. The topological polar surface area (TPSA) is 48.8 Å². The van der Waals surface area contributed by atoms with Gasteiger partial charge in [-0.25, -0.2) is 4.39 Å². The van der Waals surface area contributed by atoms with Gasteiger partial charge in [-0.3, -0.25) is 9.98 Å². The Hall–Kier alpha value is -2.27. The molecule has 158 valence electrons. The summed E-state index contributed by atoms with van der Waals surface area (Å²) < 4.78 is 14.4. The van der Waals surface area contributed by atoms with E-state index < -0.39 is 0 Å². The molecule has 4 rings (SSSR count). The molecule has 1 saturated heterocycles. The third-order valence-electron chi connectivity index (χ3n) is 5.95. The number of aliphatic imine (C=N–C) groups is 2. The van der Waals surface area contributed by atoms with Crippen molar-refractivity contribution in [2.45, 2.75) is 46.5 Å². The van der Waals surface area contributed by atoms with E-state index in [1.165, 1.54) is 17.1 Å². The van der Waals surface area contributed by atoms with Crippen molar-refractivity contribution in [1.82, 2.24) is 10.6 Å². The van der Waals surface area contributed by atoms with Crippen molar-refractivity contribution in [3.05, 3.63) is 45.3 Å². The van der Waals surface area contributed by atoms with E-state index >= 15 is 0 Å². The van der Waals surface area contributed by atoms with Crippen molar-refractivity contribution >= 4 is 24.2 Å². The number of nitrogens with zero attached hydrogens (tertiary/aromatic N) is 2. The van der Waals surface area contributed by atoms with Crippen molar-refractivity contribution in [2.75, 3.05) is 20.1 Å². The van der Waals surface area contributed by atoms with Crippen LogP contribution in [-0.4, -0.2) is 32.1 Å². The standard InChI is InChI=1S/C22H27FN4.C2H6.H2/c1-13-17(12-24-3)10-16(11-18(13)23)19-4-5-20-22(26-19)14(2)21(27-20)15-6-8-25-9-7-15;1-2;/h10-12,14-15,25-26H,1,4-9H2,2-3H3;1-2H3;1H/b19-16+,24-12?;;. The van der Waals surface area contributed by atoms with Gasteiger partial charge in [0.15, 0.2) is 0 Å². The van der Waals surface area contributed by atoms with Crippen LogP contribution < -0.4 is 21.1 Å². The third kappa shape index (κ3) is 4.35. The molecule has 1 aromatic carbocycles. The Morgan fingerprint density at radius 1 is 1.24 bits per heavy atom. The van der Waals surface area contributed by atoms with Crippen LogP contribution in [0.25, 0.3) is 12.3 Å². The number of hydrogen-bond acceptors (Lipinski definition) is 4. The molecule has 1 unspecified atom stereocenters. The SMILES string of the molecule is C=c1c(F)c/c(=C2\CCC3=C(N2)C(C)C(C2CCNCC2)=N3)cc1C=NC.CC.[HH]. The summed E-state index contributed by atoms with van der Waals surface area (Å²) in [6, 6.07) is 3.55. The van der Waals surface area contributed by atoms with Crippen molar-refractivity contribution in [3.8, 4) is 0 Å². The lowest BCUT2D eigenvalue weighted by Gasteiger charge is -2.27. The van der Waals surface area contributed by atoms with E-state index in [1.807, 2.05) is 19.9 Å². The maximum absolute atomic E-state index is 14.4. The molecule has 1 aromatic rings. The summed E-state index contributed by atoms with van der Waals surface area (Å²) in [4.78, 5) is 9.04. The molecule has 3 heterocycles. The van der Waals surface area contributed by atoms with Gasteiger partial charge < -0.3 is 10.6 Å². The fourth-order valence-electron chi connectivity index (χ4n) is 4.42. The minimum Gasteiger partial charge on any atom is -0.360 e. The number of hydrogen-bond donors (Lipinski definition) is 2. The first-order valence-corrected chi connectivity index (χ1v) is 10.8. The molecule has 0 radical (unpaired) electrons. The first-order valence-electron chi connectivity index (χ1n) is 10.8. The molecule has 0 aromatic heterocycles. The van der Waals surface area contributed by atoms with E-state index in [2.05, 4.69) is 29.1 Å². The van der Waals surface area contributed by atoms with E-state index in [1.54, 1.807) is 19.3 Å². The summed E-state index contributed by atoms with van der Waals surface area (Å²) in [5, 5.41) is 8.30. The molecule has 1 atom stereocenters. The summed E-state index contributed by atoms with van der Waals surface area (Å²) >= 11 is 0. The van der Waals surface area contributed by atoms with E-state index in [0.29, 0.717) is 17.1 Å². The highest BCUT2D eigenvalue weighted by Gasteiger charge is 2.34. The number of benzene rings is 1. The summed E-state index contributed by atoms with van der Waals surface area (Å²) in [6.45, 7) is 12.2. The molecule has 0 saturated carbocycles. The lowest BCUT2D eigenvalue weighted by atomic mass is 9.85. The Morgan fingerprint density at radius 3 is 2.66 bits per heavy atom. The number of allylic oxidation sites excluding steroid dienone is 2. The van der Waals surface area contributed by atoms with Crippen molar-refractivity contribution in [3.63, 3.8) is 0 Å². The van der Waals surface area contributed by atoms with E-state index in [4.69, 9.17) is 4.99 Å². The molecule has 1 fully saturated rings. The van der Waals surface area contributed by atoms with Gasteiger partial charge in [0.25, 0.3) is 0 Å². The second-order valence-corrected chi connectivity index (χ2v) is 7.66. The molecule has 2 N–H and O–H groups in total. The van der Waals surface area contributed by atoms with Crippen LogP contribution in [0.1, 0.15) is 53.4 Å². The van der Waals surface area contributed by atoms with Gasteiger partial charge in [-0.15, -0.1) is 0 Å². The van der Waals surface area contributed by atoms with E-state index in [9.17, 15) is 4.39 Å². The van der Waals surface area contributed by atoms with E-state index in [-0.39, 0.29) is 7.24 Å². The predicted octanol–water partition coefficient (Wildman–Crippen LogP) is 3.35. The first-order chi connectivity index (χ1) is 14.1. The average molecular weight is 399 g/mol. The average Bonchev–Trinajstić information content (AvgIpc) is 3.09. The van der Waals surface area contributed by atoms with Gasteiger partial charge in [-0.1, -0.05) is 27.4 Å². The first kappa shape index (κ1) is 21.4. The Morgan fingerprint density at radius 2 is 1.97 bits per heavy atom. The summed E-state index contributed by atoms with van der Waals surface area (Å²) in [6.07, 6.45) is 5.74. The van der Waals surface area contributed by atoms with Crippen LogP contribution in [0.2, 0.25) is 0 Å². The van der Waals surface area contributed by atoms with Crippen LogP contribution in [0.15, 0.2) is 33.5 Å². The van der Waals surface area contributed by atoms with Crippen molar-refractivity contribution in [2.24, 2.45) is 21.8 Å². The highest BCUT2D eigenvalue weighted by atomic mass is 19.1. The minimum atomic E-state index is -0.289. The van der Waals surface area contributed by atoms with Crippen molar-refractivity contribution in [1.29, 1.82) is 0 Å². The second-order valence-electron chi connectivity index (χ2n) is 7.66. The Kier molecular flexibility index (Phi) is 7.01. The number of halogens is 1. The van der Waals surface area contributed by atoms with Gasteiger partial charge in [0.2, 0.25) is 0 Å². The highest BCUT2D eigenvalue weighted by Crippen LogP contribution is 2.36. The molecule has 0 spiro atoms. The zero-order valence-corrected chi connectivity index (χ0v) is 18.1. The molecule has 0 bridgehead atoms. The van der Waals surface area contributed by atoms with Gasteiger partial charge in [-0.05, 0) is 56.1 Å². The Bertz CT molecular complexity index is 958. The molecule has 4 nitrogen and oxygen atoms in total. The quantitative estimate of drug-likeness (QED) is 0.751. The largest absolute Gasteiger partial charge is 0.360 e. The highest BCUT2D eigenvalue weighted by molar-refractivity contribution is 5.94. The Labute approximate surface area is 174 Å². The molecule has 3 aliphatic heterocycles. The molecule has 3 aliphatic rings. The maximum atomic E-state index is 14.4. The zero-order valence-electron chi connectivity index (χ0n) is 18.1.